The molecule has 0 radical (unpaired) electrons. The first-order chi connectivity index (χ1) is 10.1. The van der Waals surface area contributed by atoms with Gasteiger partial charge >= 0.3 is 0 Å². The van der Waals surface area contributed by atoms with Crippen LogP contribution in [0.15, 0.2) is 60.6 Å². The molecule has 0 fully saturated rings. The smallest absolute Gasteiger partial charge is 0.254 e. The lowest BCUT2D eigenvalue weighted by Crippen LogP contribution is -2.10. The number of hydrogen-bond acceptors (Lipinski definition) is 4. The van der Waals surface area contributed by atoms with Gasteiger partial charge in [0, 0.05) is 17.8 Å². The highest BCUT2D eigenvalue weighted by Gasteiger charge is 2.16. The molecule has 0 aliphatic carbocycles. The molecule has 108 valence electrons. The number of nitrogens with one attached hydrogen (secondary N) is 1. The maximum Gasteiger partial charge on any atom is 0.254 e. The SMILES string of the molecule is CC(C(=C[N+](=O)[O-])Nc1ccccc1)c1ccc(Cl)nc1. The number of halogens is 1. The Kier molecular flexibility index (Phi) is 4.90. The summed E-state index contributed by atoms with van der Waals surface area (Å²) in [5.41, 5.74) is 2.12. The number of benzene rings is 1. The lowest BCUT2D eigenvalue weighted by Gasteiger charge is -2.16. The van der Waals surface area contributed by atoms with Gasteiger partial charge in [-0.1, -0.05) is 42.8 Å². The molecular weight excluding hydrogens is 290 g/mol. The largest absolute Gasteiger partial charge is 0.353 e. The molecule has 0 spiro atoms. The monoisotopic (exact) mass is 303 g/mol. The predicted molar refractivity (Wildman–Crippen MR) is 82.8 cm³/mol. The van der Waals surface area contributed by atoms with Crippen LogP contribution in [0.4, 0.5) is 5.69 Å². The van der Waals surface area contributed by atoms with Gasteiger partial charge in [0.2, 0.25) is 0 Å². The Morgan fingerprint density at radius 2 is 2.05 bits per heavy atom. The van der Waals surface area contributed by atoms with E-state index >= 15 is 0 Å². The fourth-order valence-corrected chi connectivity index (χ4v) is 1.99. The zero-order valence-corrected chi connectivity index (χ0v) is 12.1. The Bertz CT molecular complexity index is 642. The molecule has 21 heavy (non-hydrogen) atoms. The van der Waals surface area contributed by atoms with E-state index < -0.39 is 4.92 Å². The van der Waals surface area contributed by atoms with Crippen molar-refractivity contribution in [3.8, 4) is 0 Å². The molecule has 5 nitrogen and oxygen atoms in total. The maximum atomic E-state index is 10.8. The molecule has 1 N–H and O–H groups in total. The van der Waals surface area contributed by atoms with Crippen LogP contribution in [-0.4, -0.2) is 9.91 Å². The Morgan fingerprint density at radius 1 is 1.33 bits per heavy atom. The highest BCUT2D eigenvalue weighted by atomic mass is 35.5. The van der Waals surface area contributed by atoms with Crippen molar-refractivity contribution in [2.24, 2.45) is 0 Å². The average Bonchev–Trinajstić information content (AvgIpc) is 2.47. The number of pyridine rings is 1. The van der Waals surface area contributed by atoms with Crippen LogP contribution < -0.4 is 5.32 Å². The minimum atomic E-state index is -0.467. The molecule has 6 heteroatoms. The van der Waals surface area contributed by atoms with Crippen LogP contribution in [0.1, 0.15) is 18.4 Å². The van der Waals surface area contributed by atoms with Crippen molar-refractivity contribution in [2.45, 2.75) is 12.8 Å². The molecule has 0 amide bonds. The lowest BCUT2D eigenvalue weighted by molar-refractivity contribution is -0.403. The lowest BCUT2D eigenvalue weighted by atomic mass is 9.99. The van der Waals surface area contributed by atoms with Crippen molar-refractivity contribution < 1.29 is 4.92 Å². The van der Waals surface area contributed by atoms with Gasteiger partial charge in [-0.3, -0.25) is 10.1 Å². The topological polar surface area (TPSA) is 68.1 Å². The third kappa shape index (κ3) is 4.29. The number of para-hydroxylation sites is 1. The molecule has 0 saturated heterocycles. The second kappa shape index (κ2) is 6.85. The second-order valence-electron chi connectivity index (χ2n) is 4.50. The van der Waals surface area contributed by atoms with Crippen LogP contribution >= 0.6 is 11.6 Å². The summed E-state index contributed by atoms with van der Waals surface area (Å²) in [5, 5.41) is 14.3. The molecule has 0 aliphatic rings. The van der Waals surface area contributed by atoms with Crippen LogP contribution in [-0.2, 0) is 0 Å². The predicted octanol–water partition coefficient (Wildman–Crippen LogP) is 4.07. The van der Waals surface area contributed by atoms with Gasteiger partial charge in [-0.05, 0) is 23.8 Å². The van der Waals surface area contributed by atoms with Crippen molar-refractivity contribution in [1.29, 1.82) is 0 Å². The minimum Gasteiger partial charge on any atom is -0.353 e. The molecule has 0 aliphatic heterocycles. The number of hydrogen-bond donors (Lipinski definition) is 1. The molecule has 0 saturated carbocycles. The average molecular weight is 304 g/mol. The van der Waals surface area contributed by atoms with Gasteiger partial charge in [-0.25, -0.2) is 4.98 Å². The molecule has 2 rings (SSSR count). The summed E-state index contributed by atoms with van der Waals surface area (Å²) >= 11 is 5.76. The first-order valence-corrected chi connectivity index (χ1v) is 6.73. The normalized spacial score (nSPS) is 12.8. The Morgan fingerprint density at radius 3 is 2.62 bits per heavy atom. The van der Waals surface area contributed by atoms with Crippen LogP contribution in [0.25, 0.3) is 0 Å². The van der Waals surface area contributed by atoms with Gasteiger partial charge in [0.15, 0.2) is 0 Å². The molecule has 1 heterocycles. The van der Waals surface area contributed by atoms with Crippen molar-refractivity contribution in [3.63, 3.8) is 0 Å². The number of nitro groups is 1. The highest BCUT2D eigenvalue weighted by Crippen LogP contribution is 2.25. The van der Waals surface area contributed by atoms with E-state index in [1.54, 1.807) is 18.3 Å². The maximum absolute atomic E-state index is 10.8. The summed E-state index contributed by atoms with van der Waals surface area (Å²) in [7, 11) is 0. The first kappa shape index (κ1) is 15.0. The van der Waals surface area contributed by atoms with Crippen LogP contribution in [0.5, 0.6) is 0 Å². The molecule has 1 aromatic heterocycles. The van der Waals surface area contributed by atoms with E-state index in [9.17, 15) is 10.1 Å². The third-order valence-corrected chi connectivity index (χ3v) is 3.25. The second-order valence-corrected chi connectivity index (χ2v) is 4.88. The van der Waals surface area contributed by atoms with E-state index in [1.807, 2.05) is 37.3 Å². The zero-order valence-electron chi connectivity index (χ0n) is 11.4. The van der Waals surface area contributed by atoms with Crippen molar-refractivity contribution >= 4 is 17.3 Å². The van der Waals surface area contributed by atoms with Gasteiger partial charge in [-0.15, -0.1) is 0 Å². The van der Waals surface area contributed by atoms with E-state index in [1.165, 1.54) is 0 Å². The molecule has 1 atom stereocenters. The minimum absolute atomic E-state index is 0.208. The molecule has 0 bridgehead atoms. The third-order valence-electron chi connectivity index (χ3n) is 3.02. The van der Waals surface area contributed by atoms with Crippen LogP contribution in [0, 0.1) is 10.1 Å². The van der Waals surface area contributed by atoms with Gasteiger partial charge < -0.3 is 5.32 Å². The number of anilines is 1. The Balaban J connectivity index is 2.27. The standard InChI is InChI=1S/C15H14ClN3O2/c1-11(12-7-8-15(16)17-9-12)14(10-19(20)21)18-13-5-3-2-4-6-13/h2-11,18H,1H3. The number of rotatable bonds is 5. The van der Waals surface area contributed by atoms with Gasteiger partial charge in [0.1, 0.15) is 5.15 Å². The quantitative estimate of drug-likeness (QED) is 0.513. The Labute approximate surface area is 127 Å². The summed E-state index contributed by atoms with van der Waals surface area (Å²) in [4.78, 5) is 14.4. The van der Waals surface area contributed by atoms with E-state index in [0.29, 0.717) is 10.9 Å². The van der Waals surface area contributed by atoms with Crippen molar-refractivity contribution in [3.05, 3.63) is 81.4 Å². The summed E-state index contributed by atoms with van der Waals surface area (Å²) in [6.07, 6.45) is 2.60. The van der Waals surface area contributed by atoms with Crippen LogP contribution in [0.2, 0.25) is 5.15 Å². The van der Waals surface area contributed by atoms with E-state index in [2.05, 4.69) is 10.3 Å². The molecule has 1 unspecified atom stereocenters. The van der Waals surface area contributed by atoms with Crippen molar-refractivity contribution in [2.75, 3.05) is 5.32 Å². The summed E-state index contributed by atoms with van der Waals surface area (Å²) in [6.45, 7) is 1.87. The van der Waals surface area contributed by atoms with Gasteiger partial charge in [0.25, 0.3) is 6.20 Å². The highest BCUT2D eigenvalue weighted by molar-refractivity contribution is 6.29. The fourth-order valence-electron chi connectivity index (χ4n) is 1.88. The number of aromatic nitrogens is 1. The van der Waals surface area contributed by atoms with Gasteiger partial charge in [0.05, 0.1) is 10.6 Å². The fraction of sp³-hybridized carbons (Fsp3) is 0.133. The summed E-state index contributed by atoms with van der Waals surface area (Å²) in [6, 6.07) is 12.8. The summed E-state index contributed by atoms with van der Waals surface area (Å²) in [5.74, 6) is -0.208. The molecule has 2 aromatic rings. The number of allylic oxidation sites excluding steroid dienone is 1. The first-order valence-electron chi connectivity index (χ1n) is 6.35. The van der Waals surface area contributed by atoms with E-state index in [0.717, 1.165) is 17.5 Å². The summed E-state index contributed by atoms with van der Waals surface area (Å²) < 4.78 is 0. The van der Waals surface area contributed by atoms with Crippen LogP contribution in [0.3, 0.4) is 0 Å². The van der Waals surface area contributed by atoms with Crippen molar-refractivity contribution in [1.82, 2.24) is 4.98 Å². The zero-order chi connectivity index (χ0) is 15.2. The van der Waals surface area contributed by atoms with E-state index in [-0.39, 0.29) is 5.92 Å². The molecular formula is C15H14ClN3O2. The molecule has 1 aromatic carbocycles. The number of nitrogens with zero attached hydrogens (tertiary/aromatic N) is 2. The Hall–Kier alpha value is -2.40. The van der Waals surface area contributed by atoms with E-state index in [4.69, 9.17) is 11.6 Å². The van der Waals surface area contributed by atoms with Gasteiger partial charge in [-0.2, -0.15) is 0 Å².